The normalized spacial score (nSPS) is 15.4. The van der Waals surface area contributed by atoms with Crippen LogP contribution in [0.25, 0.3) is 22.0 Å². The SMILES string of the molecule is COc1ccc(Cn2cc([C@H](NS(=O)(=O)C3CC3)C(F)(F)F)c3ccc(-c4ccccc4C(F)(F)F)cc32)cc1. The van der Waals surface area contributed by atoms with Crippen molar-refractivity contribution in [1.82, 2.24) is 9.29 Å². The number of aromatic nitrogens is 1. The van der Waals surface area contributed by atoms with Crippen molar-refractivity contribution in [3.8, 4) is 16.9 Å². The molecule has 0 saturated heterocycles. The first-order valence-electron chi connectivity index (χ1n) is 12.3. The van der Waals surface area contributed by atoms with Crippen LogP contribution in [0, 0.1) is 0 Å². The van der Waals surface area contributed by atoms with Gasteiger partial charge in [0.15, 0.2) is 0 Å². The number of nitrogens with one attached hydrogen (secondary N) is 1. The molecule has 1 atom stereocenters. The Balaban J connectivity index is 1.68. The quantitative estimate of drug-likeness (QED) is 0.226. The molecule has 1 fully saturated rings. The smallest absolute Gasteiger partial charge is 0.417 e. The van der Waals surface area contributed by atoms with Crippen molar-refractivity contribution in [2.24, 2.45) is 0 Å². The summed E-state index contributed by atoms with van der Waals surface area (Å²) in [7, 11) is -2.75. The monoisotopic (exact) mass is 582 g/mol. The zero-order chi connectivity index (χ0) is 28.9. The molecule has 5 rings (SSSR count). The molecule has 4 aromatic rings. The number of rotatable bonds is 8. The van der Waals surface area contributed by atoms with Crippen LogP contribution in [0.2, 0.25) is 0 Å². The molecule has 1 aromatic heterocycles. The van der Waals surface area contributed by atoms with Crippen LogP contribution in [0.4, 0.5) is 26.3 Å². The maximum absolute atomic E-state index is 14.3. The van der Waals surface area contributed by atoms with E-state index >= 15 is 0 Å². The summed E-state index contributed by atoms with van der Waals surface area (Å²) in [5.41, 5.74) is -0.280. The molecule has 1 heterocycles. The topological polar surface area (TPSA) is 60.3 Å². The summed E-state index contributed by atoms with van der Waals surface area (Å²) in [5, 5.41) is -0.807. The van der Waals surface area contributed by atoms with Gasteiger partial charge in [0.1, 0.15) is 11.8 Å². The number of hydrogen-bond acceptors (Lipinski definition) is 3. The van der Waals surface area contributed by atoms with Crippen molar-refractivity contribution in [3.05, 3.63) is 89.6 Å². The number of nitrogens with zero attached hydrogens (tertiary/aromatic N) is 1. The minimum atomic E-state index is -4.97. The minimum Gasteiger partial charge on any atom is -0.497 e. The Morgan fingerprint density at radius 1 is 0.975 bits per heavy atom. The van der Waals surface area contributed by atoms with Crippen LogP contribution >= 0.6 is 0 Å². The Labute approximate surface area is 226 Å². The highest BCUT2D eigenvalue weighted by molar-refractivity contribution is 7.90. The van der Waals surface area contributed by atoms with Gasteiger partial charge in [0.2, 0.25) is 10.0 Å². The maximum Gasteiger partial charge on any atom is 0.417 e. The summed E-state index contributed by atoms with van der Waals surface area (Å²) in [5.74, 6) is 0.569. The molecule has 0 unspecified atom stereocenters. The number of benzene rings is 3. The van der Waals surface area contributed by atoms with Crippen LogP contribution in [0.3, 0.4) is 0 Å². The van der Waals surface area contributed by atoms with E-state index in [0.717, 1.165) is 6.07 Å². The predicted octanol–water partition coefficient (Wildman–Crippen LogP) is 7.07. The number of alkyl halides is 6. The van der Waals surface area contributed by atoms with E-state index in [9.17, 15) is 34.8 Å². The van der Waals surface area contributed by atoms with Gasteiger partial charge in [-0.15, -0.1) is 0 Å². The van der Waals surface area contributed by atoms with Gasteiger partial charge in [-0.25, -0.2) is 8.42 Å². The summed E-state index contributed by atoms with van der Waals surface area (Å²) in [6, 6.07) is 13.2. The number of fused-ring (bicyclic) bond motifs is 1. The molecule has 1 aliphatic carbocycles. The van der Waals surface area contributed by atoms with Gasteiger partial charge < -0.3 is 9.30 Å². The van der Waals surface area contributed by atoms with Crippen molar-refractivity contribution >= 4 is 20.9 Å². The molecule has 1 aliphatic rings. The average Bonchev–Trinajstić information content (AvgIpc) is 3.71. The molecular formula is C28H24F6N2O3S. The minimum absolute atomic E-state index is 0.0718. The van der Waals surface area contributed by atoms with E-state index in [-0.39, 0.29) is 47.0 Å². The van der Waals surface area contributed by atoms with Gasteiger partial charge in [-0.1, -0.05) is 42.5 Å². The lowest BCUT2D eigenvalue weighted by Gasteiger charge is -2.21. The lowest BCUT2D eigenvalue weighted by Crippen LogP contribution is -2.39. The van der Waals surface area contributed by atoms with Crippen molar-refractivity contribution in [2.45, 2.75) is 43.0 Å². The largest absolute Gasteiger partial charge is 0.497 e. The summed E-state index contributed by atoms with van der Waals surface area (Å²) >= 11 is 0. The van der Waals surface area contributed by atoms with Crippen LogP contribution < -0.4 is 9.46 Å². The number of sulfonamides is 1. The van der Waals surface area contributed by atoms with E-state index in [1.165, 1.54) is 54.3 Å². The van der Waals surface area contributed by atoms with Crippen molar-refractivity contribution in [3.63, 3.8) is 0 Å². The molecule has 12 heteroatoms. The van der Waals surface area contributed by atoms with Crippen LogP contribution in [0.5, 0.6) is 5.75 Å². The van der Waals surface area contributed by atoms with Crippen LogP contribution in [-0.4, -0.2) is 31.5 Å². The molecule has 5 nitrogen and oxygen atoms in total. The standard InChI is InChI=1S/C28H24F6N2O3S/c1-39-19-9-6-17(7-10-19)15-36-16-23(26(28(32,33)34)35-40(37,38)20-11-12-20)22-13-8-18(14-25(22)36)21-4-2-3-5-24(21)27(29,30)31/h2-10,13-14,16,20,26,35H,11-12,15H2,1H3/t26-/m0/s1. The highest BCUT2D eigenvalue weighted by Crippen LogP contribution is 2.42. The molecule has 0 amide bonds. The number of halogens is 6. The van der Waals surface area contributed by atoms with E-state index in [4.69, 9.17) is 4.74 Å². The fourth-order valence-electron chi connectivity index (χ4n) is 4.70. The molecule has 212 valence electrons. The molecule has 0 aliphatic heterocycles. The predicted molar refractivity (Wildman–Crippen MR) is 138 cm³/mol. The van der Waals surface area contributed by atoms with Crippen LogP contribution in [0.1, 0.15) is 35.6 Å². The van der Waals surface area contributed by atoms with Gasteiger partial charge in [0, 0.05) is 29.2 Å². The Morgan fingerprint density at radius 3 is 2.25 bits per heavy atom. The molecule has 1 N–H and O–H groups in total. The molecule has 1 saturated carbocycles. The second-order valence-corrected chi connectivity index (χ2v) is 11.7. The van der Waals surface area contributed by atoms with Crippen LogP contribution in [0.15, 0.2) is 72.9 Å². The second kappa shape index (κ2) is 10.2. The second-order valence-electron chi connectivity index (χ2n) is 9.67. The van der Waals surface area contributed by atoms with Crippen molar-refractivity contribution in [1.29, 1.82) is 0 Å². The average molecular weight is 583 g/mol. The fraction of sp³-hybridized carbons (Fsp3) is 0.286. The fourth-order valence-corrected chi connectivity index (χ4v) is 6.24. The number of hydrogen-bond donors (Lipinski definition) is 1. The van der Waals surface area contributed by atoms with Gasteiger partial charge in [-0.05, 0) is 53.8 Å². The Bertz CT molecular complexity index is 1640. The summed E-state index contributed by atoms with van der Waals surface area (Å²) in [6.45, 7) is 0.0742. The highest BCUT2D eigenvalue weighted by atomic mass is 32.2. The molecule has 0 radical (unpaired) electrons. The Morgan fingerprint density at radius 2 is 1.65 bits per heavy atom. The third-order valence-electron chi connectivity index (χ3n) is 6.85. The van der Waals surface area contributed by atoms with Crippen molar-refractivity contribution in [2.75, 3.05) is 7.11 Å². The van der Waals surface area contributed by atoms with Crippen LogP contribution in [-0.2, 0) is 22.7 Å². The number of methoxy groups -OCH3 is 1. The highest BCUT2D eigenvalue weighted by Gasteiger charge is 2.47. The molecule has 0 spiro atoms. The lowest BCUT2D eigenvalue weighted by molar-refractivity contribution is -0.152. The summed E-state index contributed by atoms with van der Waals surface area (Å²) < 4.78 is 118. The molecule has 0 bridgehead atoms. The van der Waals surface area contributed by atoms with E-state index < -0.39 is 39.2 Å². The zero-order valence-electron chi connectivity index (χ0n) is 21.1. The van der Waals surface area contributed by atoms with Crippen molar-refractivity contribution < 1.29 is 39.5 Å². The van der Waals surface area contributed by atoms with E-state index in [0.29, 0.717) is 11.3 Å². The third-order valence-corrected chi connectivity index (χ3v) is 8.77. The van der Waals surface area contributed by atoms with E-state index in [1.807, 2.05) is 4.72 Å². The first kappa shape index (κ1) is 28.0. The molecule has 3 aromatic carbocycles. The summed E-state index contributed by atoms with van der Waals surface area (Å²) in [4.78, 5) is 0. The third kappa shape index (κ3) is 5.68. The van der Waals surface area contributed by atoms with E-state index in [2.05, 4.69) is 0 Å². The number of ether oxygens (including phenoxy) is 1. The van der Waals surface area contributed by atoms with Gasteiger partial charge >= 0.3 is 12.4 Å². The van der Waals surface area contributed by atoms with Gasteiger partial charge in [-0.3, -0.25) is 0 Å². The first-order chi connectivity index (χ1) is 18.8. The zero-order valence-corrected chi connectivity index (χ0v) is 21.9. The molecular weight excluding hydrogens is 558 g/mol. The van der Waals surface area contributed by atoms with Gasteiger partial charge in [-0.2, -0.15) is 31.1 Å². The summed E-state index contributed by atoms with van der Waals surface area (Å²) in [6.07, 6.45) is -7.85. The van der Waals surface area contributed by atoms with Gasteiger partial charge in [0.05, 0.1) is 17.9 Å². The van der Waals surface area contributed by atoms with Gasteiger partial charge in [0.25, 0.3) is 0 Å². The molecule has 40 heavy (non-hydrogen) atoms. The van der Waals surface area contributed by atoms with E-state index in [1.54, 1.807) is 24.3 Å². The maximum atomic E-state index is 14.3. The Kier molecular flexibility index (Phi) is 7.11. The Hall–Kier alpha value is -3.51. The first-order valence-corrected chi connectivity index (χ1v) is 13.8. The lowest BCUT2D eigenvalue weighted by atomic mass is 9.97.